The van der Waals surface area contributed by atoms with E-state index in [9.17, 15) is 9.18 Å². The number of carbonyl (C=O) groups excluding carboxylic acids is 1. The summed E-state index contributed by atoms with van der Waals surface area (Å²) in [4.78, 5) is 16.6. The van der Waals surface area contributed by atoms with Gasteiger partial charge in [0, 0.05) is 12.0 Å². The van der Waals surface area contributed by atoms with Gasteiger partial charge in [-0.25, -0.2) is 14.1 Å². The Bertz CT molecular complexity index is 845. The minimum Gasteiger partial charge on any atom is -0.285 e. The molecule has 1 aliphatic heterocycles. The predicted octanol–water partition coefficient (Wildman–Crippen LogP) is 3.51. The van der Waals surface area contributed by atoms with Crippen LogP contribution < -0.4 is 0 Å². The lowest BCUT2D eigenvalue weighted by Gasteiger charge is -2.11. The normalized spacial score (nSPS) is 19.5. The number of aromatic nitrogens is 3. The SMILES string of the molecule is O=C(c1ccccc1)c1nc2n(n1)[C@H](c1ccccc1)C[C@@H]2F. The second kappa shape index (κ2) is 5.43. The number of fused-ring (bicyclic) bond motifs is 1. The summed E-state index contributed by atoms with van der Waals surface area (Å²) in [6, 6.07) is 18.2. The Labute approximate surface area is 132 Å². The predicted molar refractivity (Wildman–Crippen MR) is 82.9 cm³/mol. The molecule has 0 saturated carbocycles. The number of halogens is 1. The minimum atomic E-state index is -1.20. The van der Waals surface area contributed by atoms with Crippen LogP contribution in [0.5, 0.6) is 0 Å². The van der Waals surface area contributed by atoms with Gasteiger partial charge in [-0.15, -0.1) is 5.10 Å². The fraction of sp³-hybridized carbons (Fsp3) is 0.167. The van der Waals surface area contributed by atoms with Crippen LogP contribution in [0.2, 0.25) is 0 Å². The zero-order valence-corrected chi connectivity index (χ0v) is 12.3. The lowest BCUT2D eigenvalue weighted by molar-refractivity contribution is 0.102. The third-order valence-corrected chi connectivity index (χ3v) is 4.09. The molecule has 1 aromatic heterocycles. The Balaban J connectivity index is 1.72. The number of alkyl halides is 1. The number of hydrogen-bond acceptors (Lipinski definition) is 3. The van der Waals surface area contributed by atoms with Gasteiger partial charge in [-0.05, 0) is 5.56 Å². The first-order valence-corrected chi connectivity index (χ1v) is 7.49. The van der Waals surface area contributed by atoms with Gasteiger partial charge in [0.05, 0.1) is 6.04 Å². The Morgan fingerprint density at radius 2 is 1.70 bits per heavy atom. The Morgan fingerprint density at radius 1 is 1.04 bits per heavy atom. The van der Waals surface area contributed by atoms with Crippen molar-refractivity contribution in [3.8, 4) is 0 Å². The van der Waals surface area contributed by atoms with E-state index >= 15 is 0 Å². The number of carbonyl (C=O) groups is 1. The summed E-state index contributed by atoms with van der Waals surface area (Å²) < 4.78 is 15.8. The molecule has 23 heavy (non-hydrogen) atoms. The second-order valence-electron chi connectivity index (χ2n) is 5.56. The van der Waals surface area contributed by atoms with Crippen molar-refractivity contribution in [2.75, 3.05) is 0 Å². The van der Waals surface area contributed by atoms with Crippen molar-refractivity contribution in [1.29, 1.82) is 0 Å². The van der Waals surface area contributed by atoms with Crippen molar-refractivity contribution >= 4 is 5.78 Å². The van der Waals surface area contributed by atoms with E-state index in [4.69, 9.17) is 0 Å². The van der Waals surface area contributed by atoms with Gasteiger partial charge < -0.3 is 0 Å². The minimum absolute atomic E-state index is 0.0504. The number of rotatable bonds is 3. The van der Waals surface area contributed by atoms with Crippen LogP contribution in [0, 0.1) is 0 Å². The molecule has 114 valence electrons. The maximum Gasteiger partial charge on any atom is 0.232 e. The first-order valence-electron chi connectivity index (χ1n) is 7.49. The highest BCUT2D eigenvalue weighted by Gasteiger charge is 2.36. The van der Waals surface area contributed by atoms with E-state index in [-0.39, 0.29) is 23.5 Å². The summed E-state index contributed by atoms with van der Waals surface area (Å²) >= 11 is 0. The molecule has 0 N–H and O–H groups in total. The molecule has 0 aliphatic carbocycles. The molecule has 2 atom stereocenters. The van der Waals surface area contributed by atoms with Gasteiger partial charge in [-0.2, -0.15) is 0 Å². The fourth-order valence-electron chi connectivity index (χ4n) is 2.95. The van der Waals surface area contributed by atoms with Crippen LogP contribution in [0.3, 0.4) is 0 Å². The average Bonchev–Trinajstić information content (AvgIpc) is 3.17. The summed E-state index contributed by atoms with van der Waals surface area (Å²) in [7, 11) is 0. The molecule has 0 fully saturated rings. The number of hydrogen-bond donors (Lipinski definition) is 0. The molecule has 0 bridgehead atoms. The molecule has 0 radical (unpaired) electrons. The third-order valence-electron chi connectivity index (χ3n) is 4.09. The van der Waals surface area contributed by atoms with Crippen LogP contribution >= 0.6 is 0 Å². The Morgan fingerprint density at radius 3 is 2.39 bits per heavy atom. The summed E-state index contributed by atoms with van der Waals surface area (Å²) in [5, 5.41) is 4.29. The summed E-state index contributed by atoms with van der Waals surface area (Å²) in [6.07, 6.45) is -0.899. The fourth-order valence-corrected chi connectivity index (χ4v) is 2.95. The van der Waals surface area contributed by atoms with E-state index in [1.165, 1.54) is 0 Å². The van der Waals surface area contributed by atoms with E-state index in [1.54, 1.807) is 28.9 Å². The van der Waals surface area contributed by atoms with E-state index in [0.29, 0.717) is 12.0 Å². The summed E-state index contributed by atoms with van der Waals surface area (Å²) in [5.74, 6) is -0.000808. The van der Waals surface area contributed by atoms with Gasteiger partial charge in [0.25, 0.3) is 0 Å². The van der Waals surface area contributed by atoms with Crippen molar-refractivity contribution < 1.29 is 9.18 Å². The first kappa shape index (κ1) is 13.8. The van der Waals surface area contributed by atoms with Gasteiger partial charge in [0.1, 0.15) is 0 Å². The van der Waals surface area contributed by atoms with Crippen molar-refractivity contribution in [1.82, 2.24) is 14.8 Å². The zero-order valence-electron chi connectivity index (χ0n) is 12.3. The molecular formula is C18H14FN3O. The smallest absolute Gasteiger partial charge is 0.232 e. The maximum atomic E-state index is 14.3. The van der Waals surface area contributed by atoms with Crippen molar-refractivity contribution in [3.05, 3.63) is 83.4 Å². The Hall–Kier alpha value is -2.82. The van der Waals surface area contributed by atoms with Gasteiger partial charge in [-0.1, -0.05) is 60.7 Å². The van der Waals surface area contributed by atoms with Crippen molar-refractivity contribution in [2.45, 2.75) is 18.6 Å². The van der Waals surface area contributed by atoms with Gasteiger partial charge >= 0.3 is 0 Å². The molecule has 3 aromatic rings. The average molecular weight is 307 g/mol. The van der Waals surface area contributed by atoms with Crippen molar-refractivity contribution in [3.63, 3.8) is 0 Å². The molecule has 4 rings (SSSR count). The Kier molecular flexibility index (Phi) is 3.26. The van der Waals surface area contributed by atoms with Crippen LogP contribution in [0.1, 0.15) is 46.2 Å². The molecule has 5 heteroatoms. The van der Waals surface area contributed by atoms with Crippen LogP contribution in [0.15, 0.2) is 60.7 Å². The van der Waals surface area contributed by atoms with Crippen molar-refractivity contribution in [2.24, 2.45) is 0 Å². The molecule has 0 unspecified atom stereocenters. The quantitative estimate of drug-likeness (QED) is 0.696. The molecule has 4 nitrogen and oxygen atoms in total. The standard InChI is InChI=1S/C18H14FN3O/c19-14-11-15(12-7-3-1-4-8-12)22-18(14)20-17(21-22)16(23)13-9-5-2-6-10-13/h1-10,14-15H,11H2/t14-,15-/m0/s1. The first-order chi connectivity index (χ1) is 11.2. The zero-order chi connectivity index (χ0) is 15.8. The topological polar surface area (TPSA) is 47.8 Å². The number of nitrogens with zero attached hydrogens (tertiary/aromatic N) is 3. The van der Waals surface area contributed by atoms with Crippen LogP contribution in [-0.4, -0.2) is 20.5 Å². The highest BCUT2D eigenvalue weighted by molar-refractivity contribution is 6.06. The number of benzene rings is 2. The van der Waals surface area contributed by atoms with Gasteiger partial charge in [0.2, 0.25) is 11.6 Å². The molecule has 2 aromatic carbocycles. The summed E-state index contributed by atoms with van der Waals surface area (Å²) in [6.45, 7) is 0. The van der Waals surface area contributed by atoms with E-state index in [0.717, 1.165) is 5.56 Å². The molecule has 2 heterocycles. The third kappa shape index (κ3) is 2.34. The monoisotopic (exact) mass is 307 g/mol. The van der Waals surface area contributed by atoms with E-state index in [1.807, 2.05) is 36.4 Å². The summed E-state index contributed by atoms with van der Waals surface area (Å²) in [5.41, 5.74) is 1.47. The highest BCUT2D eigenvalue weighted by Crippen LogP contribution is 2.39. The largest absolute Gasteiger partial charge is 0.285 e. The van der Waals surface area contributed by atoms with E-state index < -0.39 is 6.17 Å². The number of ketones is 1. The molecule has 1 aliphatic rings. The van der Waals surface area contributed by atoms with Gasteiger partial charge in [0.15, 0.2) is 12.0 Å². The molecule has 0 spiro atoms. The lowest BCUT2D eigenvalue weighted by Crippen LogP contribution is -2.10. The van der Waals surface area contributed by atoms with Crippen LogP contribution in [-0.2, 0) is 0 Å². The van der Waals surface area contributed by atoms with Crippen LogP contribution in [0.25, 0.3) is 0 Å². The van der Waals surface area contributed by atoms with Crippen LogP contribution in [0.4, 0.5) is 4.39 Å². The lowest BCUT2D eigenvalue weighted by atomic mass is 10.0. The highest BCUT2D eigenvalue weighted by atomic mass is 19.1. The molecule has 0 saturated heterocycles. The maximum absolute atomic E-state index is 14.3. The molecular weight excluding hydrogens is 293 g/mol. The molecule has 0 amide bonds. The van der Waals surface area contributed by atoms with E-state index in [2.05, 4.69) is 10.1 Å². The van der Waals surface area contributed by atoms with Gasteiger partial charge in [-0.3, -0.25) is 4.79 Å². The second-order valence-corrected chi connectivity index (χ2v) is 5.56.